The van der Waals surface area contributed by atoms with Crippen molar-refractivity contribution >= 4 is 11.5 Å². The quantitative estimate of drug-likeness (QED) is 0.913. The molecule has 1 heterocycles. The highest BCUT2D eigenvalue weighted by atomic mass is 16.4. The molecule has 114 valence electrons. The number of aliphatic hydroxyl groups excluding tert-OH is 1. The number of aromatic nitrogens is 1. The minimum absolute atomic E-state index is 0.358. The van der Waals surface area contributed by atoms with Crippen molar-refractivity contribution in [1.29, 1.82) is 0 Å². The number of hydrogen-bond acceptors (Lipinski definition) is 2. The second-order valence-corrected chi connectivity index (χ2v) is 5.60. The van der Waals surface area contributed by atoms with Crippen LogP contribution in [0.3, 0.4) is 0 Å². The van der Waals surface area contributed by atoms with Gasteiger partial charge in [0.1, 0.15) is 0 Å². The number of carbonyl (C=O) groups is 1. The smallest absolute Gasteiger partial charge is 0.337 e. The summed E-state index contributed by atoms with van der Waals surface area (Å²) in [6.07, 6.45) is 1.17. The monoisotopic (exact) mass is 297 g/mol. The van der Waals surface area contributed by atoms with Gasteiger partial charge in [-0.25, -0.2) is 4.79 Å². The fraction of sp³-hybridized carbons (Fsp3) is 0.278. The van der Waals surface area contributed by atoms with Gasteiger partial charge >= 0.3 is 5.97 Å². The van der Waals surface area contributed by atoms with Crippen LogP contribution >= 0.6 is 0 Å². The third kappa shape index (κ3) is 1.91. The summed E-state index contributed by atoms with van der Waals surface area (Å²) in [5.74, 6) is -0.907. The Bertz CT molecular complexity index is 799. The Balaban J connectivity index is 2.29. The van der Waals surface area contributed by atoms with Crippen LogP contribution in [0.1, 0.15) is 51.5 Å². The van der Waals surface area contributed by atoms with Gasteiger partial charge in [-0.15, -0.1) is 0 Å². The standard InChI is InChI=1S/C18H19NO3/c1-4-19-11(3)16(18(21)22)10(2)17(19)14-9-15(20)13-8-6-5-7-12(13)14/h5-9,15,20H,4H2,1-3H3,(H,21,22). The molecule has 1 aliphatic rings. The molecule has 0 spiro atoms. The molecule has 0 amide bonds. The van der Waals surface area contributed by atoms with E-state index in [1.54, 1.807) is 0 Å². The first-order valence-corrected chi connectivity index (χ1v) is 7.39. The largest absolute Gasteiger partial charge is 0.478 e. The van der Waals surface area contributed by atoms with Crippen molar-refractivity contribution in [2.24, 2.45) is 0 Å². The highest BCUT2D eigenvalue weighted by molar-refractivity contribution is 5.95. The van der Waals surface area contributed by atoms with Gasteiger partial charge in [-0.3, -0.25) is 0 Å². The Morgan fingerprint density at radius 3 is 2.59 bits per heavy atom. The number of nitrogens with zero attached hydrogens (tertiary/aromatic N) is 1. The van der Waals surface area contributed by atoms with Gasteiger partial charge in [0.15, 0.2) is 0 Å². The van der Waals surface area contributed by atoms with Gasteiger partial charge in [-0.2, -0.15) is 0 Å². The zero-order chi connectivity index (χ0) is 16.0. The van der Waals surface area contributed by atoms with E-state index in [2.05, 4.69) is 0 Å². The number of fused-ring (bicyclic) bond motifs is 1. The second-order valence-electron chi connectivity index (χ2n) is 5.60. The number of hydrogen-bond donors (Lipinski definition) is 2. The van der Waals surface area contributed by atoms with E-state index in [9.17, 15) is 15.0 Å². The number of rotatable bonds is 3. The fourth-order valence-electron chi connectivity index (χ4n) is 3.50. The number of aromatic carboxylic acids is 1. The number of carboxylic acid groups (broad SMARTS) is 1. The lowest BCUT2D eigenvalue weighted by molar-refractivity contribution is 0.0695. The molecule has 2 aromatic rings. The van der Waals surface area contributed by atoms with Gasteiger partial charge in [0, 0.05) is 17.8 Å². The van der Waals surface area contributed by atoms with Crippen LogP contribution in [0, 0.1) is 13.8 Å². The molecule has 0 saturated heterocycles. The summed E-state index contributed by atoms with van der Waals surface area (Å²) >= 11 is 0. The van der Waals surface area contributed by atoms with E-state index in [4.69, 9.17) is 0 Å². The highest BCUT2D eigenvalue weighted by Crippen LogP contribution is 2.41. The second kappa shape index (κ2) is 5.14. The molecule has 0 fully saturated rings. The van der Waals surface area contributed by atoms with Crippen molar-refractivity contribution in [3.05, 3.63) is 64.0 Å². The Kier molecular flexibility index (Phi) is 3.41. The van der Waals surface area contributed by atoms with Crippen molar-refractivity contribution < 1.29 is 15.0 Å². The minimum Gasteiger partial charge on any atom is -0.478 e. The molecular formula is C18H19NO3. The van der Waals surface area contributed by atoms with E-state index in [1.807, 2.05) is 55.7 Å². The summed E-state index contributed by atoms with van der Waals surface area (Å²) in [5.41, 5.74) is 5.51. The average Bonchev–Trinajstić information content (AvgIpc) is 2.93. The summed E-state index contributed by atoms with van der Waals surface area (Å²) in [5, 5.41) is 19.7. The molecular weight excluding hydrogens is 278 g/mol. The Morgan fingerprint density at radius 1 is 1.27 bits per heavy atom. The van der Waals surface area contributed by atoms with Crippen molar-refractivity contribution in [2.45, 2.75) is 33.4 Å². The lowest BCUT2D eigenvalue weighted by Crippen LogP contribution is -2.04. The number of aliphatic hydroxyl groups is 1. The van der Waals surface area contributed by atoms with E-state index >= 15 is 0 Å². The molecule has 1 aliphatic carbocycles. The van der Waals surface area contributed by atoms with Gasteiger partial charge in [-0.05, 0) is 43.5 Å². The van der Waals surface area contributed by atoms with E-state index in [0.29, 0.717) is 12.1 Å². The van der Waals surface area contributed by atoms with E-state index < -0.39 is 12.1 Å². The van der Waals surface area contributed by atoms with Gasteiger partial charge < -0.3 is 14.8 Å². The molecule has 1 atom stereocenters. The summed E-state index contributed by atoms with van der Waals surface area (Å²) in [6, 6.07) is 7.71. The van der Waals surface area contributed by atoms with Crippen LogP contribution in [0.5, 0.6) is 0 Å². The average molecular weight is 297 g/mol. The van der Waals surface area contributed by atoms with Crippen molar-refractivity contribution in [2.75, 3.05) is 0 Å². The van der Waals surface area contributed by atoms with Crippen LogP contribution in [0.2, 0.25) is 0 Å². The third-order valence-electron chi connectivity index (χ3n) is 4.45. The first-order valence-electron chi connectivity index (χ1n) is 7.39. The molecule has 0 bridgehead atoms. The zero-order valence-corrected chi connectivity index (χ0v) is 12.9. The van der Waals surface area contributed by atoms with Crippen LogP contribution in [-0.2, 0) is 6.54 Å². The van der Waals surface area contributed by atoms with Crippen LogP contribution in [-0.4, -0.2) is 20.7 Å². The normalized spacial score (nSPS) is 16.5. The third-order valence-corrected chi connectivity index (χ3v) is 4.45. The zero-order valence-electron chi connectivity index (χ0n) is 12.9. The van der Waals surface area contributed by atoms with Crippen LogP contribution in [0.15, 0.2) is 30.3 Å². The maximum absolute atomic E-state index is 11.6. The van der Waals surface area contributed by atoms with Crippen molar-refractivity contribution in [3.8, 4) is 0 Å². The molecule has 1 unspecified atom stereocenters. The van der Waals surface area contributed by atoms with Gasteiger partial charge in [0.05, 0.1) is 17.4 Å². The molecule has 0 radical (unpaired) electrons. The van der Waals surface area contributed by atoms with Gasteiger partial charge in [0.2, 0.25) is 0 Å². The number of benzene rings is 1. The summed E-state index contributed by atoms with van der Waals surface area (Å²) in [6.45, 7) is 6.36. The maximum Gasteiger partial charge on any atom is 0.337 e. The van der Waals surface area contributed by atoms with Crippen LogP contribution in [0.25, 0.3) is 5.57 Å². The molecule has 4 nitrogen and oxygen atoms in total. The van der Waals surface area contributed by atoms with Crippen LogP contribution < -0.4 is 0 Å². The van der Waals surface area contributed by atoms with Gasteiger partial charge in [0.25, 0.3) is 0 Å². The summed E-state index contributed by atoms with van der Waals surface area (Å²) in [7, 11) is 0. The number of carboxylic acids is 1. The van der Waals surface area contributed by atoms with Crippen molar-refractivity contribution in [1.82, 2.24) is 4.57 Å². The first-order chi connectivity index (χ1) is 10.5. The van der Waals surface area contributed by atoms with E-state index in [-0.39, 0.29) is 0 Å². The van der Waals surface area contributed by atoms with E-state index in [0.717, 1.165) is 33.7 Å². The molecule has 1 aromatic carbocycles. The highest BCUT2D eigenvalue weighted by Gasteiger charge is 2.29. The molecule has 22 heavy (non-hydrogen) atoms. The SMILES string of the molecule is CCn1c(C)c(C(=O)O)c(C)c1C1=CC(O)c2ccccc21. The lowest BCUT2D eigenvalue weighted by Gasteiger charge is -2.12. The first kappa shape index (κ1) is 14.6. The minimum atomic E-state index is -0.907. The Morgan fingerprint density at radius 2 is 1.95 bits per heavy atom. The molecule has 0 saturated carbocycles. The van der Waals surface area contributed by atoms with Gasteiger partial charge in [-0.1, -0.05) is 24.3 Å². The Hall–Kier alpha value is -2.33. The summed E-state index contributed by atoms with van der Waals surface area (Å²) < 4.78 is 2.01. The maximum atomic E-state index is 11.6. The summed E-state index contributed by atoms with van der Waals surface area (Å²) in [4.78, 5) is 11.6. The Labute approximate surface area is 129 Å². The molecule has 0 aliphatic heterocycles. The lowest BCUT2D eigenvalue weighted by atomic mass is 10.00. The fourth-order valence-corrected chi connectivity index (χ4v) is 3.50. The molecule has 2 N–H and O–H groups in total. The van der Waals surface area contributed by atoms with Crippen LogP contribution in [0.4, 0.5) is 0 Å². The van der Waals surface area contributed by atoms with E-state index in [1.165, 1.54) is 0 Å². The van der Waals surface area contributed by atoms with Crippen molar-refractivity contribution in [3.63, 3.8) is 0 Å². The molecule has 1 aromatic heterocycles. The molecule has 4 heteroatoms. The topological polar surface area (TPSA) is 62.5 Å². The predicted molar refractivity (Wildman–Crippen MR) is 85.0 cm³/mol. The molecule has 3 rings (SSSR count). The predicted octanol–water partition coefficient (Wildman–Crippen LogP) is 3.30.